The predicted molar refractivity (Wildman–Crippen MR) is 69.3 cm³/mol. The van der Waals surface area contributed by atoms with E-state index in [-0.39, 0.29) is 11.9 Å². The Kier molecular flexibility index (Phi) is 3.28. The largest absolute Gasteiger partial charge is 0.399 e. The molecule has 2 aromatic carbocycles. The van der Waals surface area contributed by atoms with Crippen molar-refractivity contribution in [1.82, 2.24) is 0 Å². The SMILES string of the molecule is CC(Nc1ccc(N)cc1)c1ccccc1F. The van der Waals surface area contributed by atoms with Crippen molar-refractivity contribution in [3.63, 3.8) is 0 Å². The van der Waals surface area contributed by atoms with Crippen molar-refractivity contribution >= 4 is 11.4 Å². The molecular formula is C14H15FN2. The molecule has 2 rings (SSSR count). The van der Waals surface area contributed by atoms with E-state index in [1.165, 1.54) is 6.07 Å². The molecule has 0 aliphatic rings. The molecule has 1 unspecified atom stereocenters. The Balaban J connectivity index is 2.14. The fourth-order valence-corrected chi connectivity index (χ4v) is 1.73. The molecule has 0 amide bonds. The topological polar surface area (TPSA) is 38.0 Å². The van der Waals surface area contributed by atoms with Crippen molar-refractivity contribution in [2.75, 3.05) is 11.1 Å². The van der Waals surface area contributed by atoms with E-state index in [4.69, 9.17) is 5.73 Å². The molecule has 0 aliphatic heterocycles. The number of nitrogen functional groups attached to an aromatic ring is 1. The van der Waals surface area contributed by atoms with E-state index in [1.807, 2.05) is 37.3 Å². The van der Waals surface area contributed by atoms with Crippen molar-refractivity contribution in [3.8, 4) is 0 Å². The number of benzene rings is 2. The van der Waals surface area contributed by atoms with Crippen LogP contribution in [0.1, 0.15) is 18.5 Å². The first-order valence-corrected chi connectivity index (χ1v) is 5.53. The molecule has 17 heavy (non-hydrogen) atoms. The molecule has 0 spiro atoms. The predicted octanol–water partition coefficient (Wildman–Crippen LogP) is 3.58. The normalized spacial score (nSPS) is 12.1. The Morgan fingerprint density at radius 3 is 2.35 bits per heavy atom. The molecule has 0 radical (unpaired) electrons. The van der Waals surface area contributed by atoms with E-state index in [0.717, 1.165) is 5.69 Å². The zero-order chi connectivity index (χ0) is 12.3. The summed E-state index contributed by atoms with van der Waals surface area (Å²) in [7, 11) is 0. The van der Waals surface area contributed by atoms with Crippen LogP contribution >= 0.6 is 0 Å². The van der Waals surface area contributed by atoms with Crippen LogP contribution in [0.15, 0.2) is 48.5 Å². The molecular weight excluding hydrogens is 215 g/mol. The highest BCUT2D eigenvalue weighted by molar-refractivity contribution is 5.52. The van der Waals surface area contributed by atoms with E-state index >= 15 is 0 Å². The van der Waals surface area contributed by atoms with E-state index in [9.17, 15) is 4.39 Å². The molecule has 0 aliphatic carbocycles. The summed E-state index contributed by atoms with van der Waals surface area (Å²) in [5.41, 5.74) is 7.90. The molecule has 3 heteroatoms. The highest BCUT2D eigenvalue weighted by atomic mass is 19.1. The summed E-state index contributed by atoms with van der Waals surface area (Å²) in [6, 6.07) is 14.1. The van der Waals surface area contributed by atoms with Gasteiger partial charge in [0.25, 0.3) is 0 Å². The average Bonchev–Trinajstić information content (AvgIpc) is 2.32. The molecule has 2 nitrogen and oxygen atoms in total. The molecule has 0 fully saturated rings. The van der Waals surface area contributed by atoms with Gasteiger partial charge >= 0.3 is 0 Å². The standard InChI is InChI=1S/C14H15FN2/c1-10(13-4-2-3-5-14(13)15)17-12-8-6-11(16)7-9-12/h2-10,17H,16H2,1H3. The van der Waals surface area contributed by atoms with Gasteiger partial charge in [-0.25, -0.2) is 4.39 Å². The van der Waals surface area contributed by atoms with E-state index in [0.29, 0.717) is 11.3 Å². The first-order valence-electron chi connectivity index (χ1n) is 5.53. The molecule has 88 valence electrons. The summed E-state index contributed by atoms with van der Waals surface area (Å²) in [4.78, 5) is 0. The fourth-order valence-electron chi connectivity index (χ4n) is 1.73. The Hall–Kier alpha value is -2.03. The third-order valence-corrected chi connectivity index (χ3v) is 2.67. The smallest absolute Gasteiger partial charge is 0.128 e. The lowest BCUT2D eigenvalue weighted by molar-refractivity contribution is 0.600. The van der Waals surface area contributed by atoms with Gasteiger partial charge in [0.1, 0.15) is 5.82 Å². The first kappa shape index (κ1) is 11.5. The van der Waals surface area contributed by atoms with Gasteiger partial charge in [0.15, 0.2) is 0 Å². The Morgan fingerprint density at radius 2 is 1.71 bits per heavy atom. The number of anilines is 2. The maximum Gasteiger partial charge on any atom is 0.128 e. The molecule has 2 aromatic rings. The molecule has 0 saturated carbocycles. The van der Waals surface area contributed by atoms with E-state index in [1.54, 1.807) is 12.1 Å². The lowest BCUT2D eigenvalue weighted by atomic mass is 10.1. The number of hydrogen-bond donors (Lipinski definition) is 2. The Morgan fingerprint density at radius 1 is 1.06 bits per heavy atom. The van der Waals surface area contributed by atoms with Crippen LogP contribution in [0.3, 0.4) is 0 Å². The van der Waals surface area contributed by atoms with Crippen LogP contribution in [-0.4, -0.2) is 0 Å². The number of nitrogens with two attached hydrogens (primary N) is 1. The summed E-state index contributed by atoms with van der Waals surface area (Å²) in [5.74, 6) is -0.192. The van der Waals surface area contributed by atoms with Crippen molar-refractivity contribution < 1.29 is 4.39 Å². The van der Waals surface area contributed by atoms with Crippen LogP contribution in [-0.2, 0) is 0 Å². The minimum absolute atomic E-state index is 0.0835. The van der Waals surface area contributed by atoms with Crippen molar-refractivity contribution in [2.45, 2.75) is 13.0 Å². The van der Waals surface area contributed by atoms with Gasteiger partial charge in [-0.15, -0.1) is 0 Å². The average molecular weight is 230 g/mol. The van der Waals surface area contributed by atoms with Gasteiger partial charge < -0.3 is 11.1 Å². The summed E-state index contributed by atoms with van der Waals surface area (Å²) in [6.45, 7) is 1.93. The molecule has 0 bridgehead atoms. The number of hydrogen-bond acceptors (Lipinski definition) is 2. The van der Waals surface area contributed by atoms with Crippen molar-refractivity contribution in [3.05, 3.63) is 59.9 Å². The second-order valence-corrected chi connectivity index (χ2v) is 4.01. The third-order valence-electron chi connectivity index (χ3n) is 2.67. The number of rotatable bonds is 3. The van der Waals surface area contributed by atoms with Gasteiger partial charge in [-0.2, -0.15) is 0 Å². The fraction of sp³-hybridized carbons (Fsp3) is 0.143. The van der Waals surface area contributed by atoms with Crippen LogP contribution < -0.4 is 11.1 Å². The maximum absolute atomic E-state index is 13.5. The monoisotopic (exact) mass is 230 g/mol. The Labute approximate surface area is 100 Å². The molecule has 0 aromatic heterocycles. The molecule has 1 atom stereocenters. The quantitative estimate of drug-likeness (QED) is 0.791. The summed E-state index contributed by atoms with van der Waals surface area (Å²) >= 11 is 0. The van der Waals surface area contributed by atoms with Gasteiger partial charge in [-0.05, 0) is 37.3 Å². The summed E-state index contributed by atoms with van der Waals surface area (Å²) < 4.78 is 13.5. The van der Waals surface area contributed by atoms with Crippen LogP contribution in [0.2, 0.25) is 0 Å². The second-order valence-electron chi connectivity index (χ2n) is 4.01. The minimum Gasteiger partial charge on any atom is -0.399 e. The zero-order valence-corrected chi connectivity index (χ0v) is 9.65. The first-order chi connectivity index (χ1) is 8.16. The van der Waals surface area contributed by atoms with Crippen LogP contribution in [0.5, 0.6) is 0 Å². The maximum atomic E-state index is 13.5. The lowest BCUT2D eigenvalue weighted by Crippen LogP contribution is -2.08. The van der Waals surface area contributed by atoms with Crippen LogP contribution in [0.25, 0.3) is 0 Å². The molecule has 0 heterocycles. The highest BCUT2D eigenvalue weighted by Crippen LogP contribution is 2.21. The van der Waals surface area contributed by atoms with Crippen LogP contribution in [0, 0.1) is 5.82 Å². The number of halogens is 1. The van der Waals surface area contributed by atoms with Gasteiger partial charge in [0, 0.05) is 16.9 Å². The van der Waals surface area contributed by atoms with Crippen LogP contribution in [0.4, 0.5) is 15.8 Å². The van der Waals surface area contributed by atoms with Gasteiger partial charge in [-0.3, -0.25) is 0 Å². The zero-order valence-electron chi connectivity index (χ0n) is 9.65. The van der Waals surface area contributed by atoms with Crippen molar-refractivity contribution in [2.24, 2.45) is 0 Å². The lowest BCUT2D eigenvalue weighted by Gasteiger charge is -2.16. The van der Waals surface area contributed by atoms with Gasteiger partial charge in [0.05, 0.1) is 6.04 Å². The van der Waals surface area contributed by atoms with E-state index < -0.39 is 0 Å². The van der Waals surface area contributed by atoms with E-state index in [2.05, 4.69) is 5.32 Å². The van der Waals surface area contributed by atoms with Gasteiger partial charge in [0.2, 0.25) is 0 Å². The Bertz CT molecular complexity index is 494. The number of nitrogens with one attached hydrogen (secondary N) is 1. The minimum atomic E-state index is -0.192. The third kappa shape index (κ3) is 2.75. The van der Waals surface area contributed by atoms with Crippen molar-refractivity contribution in [1.29, 1.82) is 0 Å². The summed E-state index contributed by atoms with van der Waals surface area (Å²) in [6.07, 6.45) is 0. The second kappa shape index (κ2) is 4.87. The molecule has 0 saturated heterocycles. The highest BCUT2D eigenvalue weighted by Gasteiger charge is 2.09. The van der Waals surface area contributed by atoms with Gasteiger partial charge in [-0.1, -0.05) is 18.2 Å². The molecule has 3 N–H and O–H groups in total. The summed E-state index contributed by atoms with van der Waals surface area (Å²) in [5, 5.41) is 3.23.